The molecule has 0 aliphatic rings. The lowest BCUT2D eigenvalue weighted by molar-refractivity contribution is 0.0953. The summed E-state index contributed by atoms with van der Waals surface area (Å²) in [6.07, 6.45) is -0.146. The molecule has 0 atom stereocenters. The highest BCUT2D eigenvalue weighted by Crippen LogP contribution is 1.72. The molecule has 0 fully saturated rings. The van der Waals surface area contributed by atoms with Crippen LogP contribution in [0.4, 0.5) is 4.79 Å². The lowest BCUT2D eigenvalue weighted by atomic mass is 10.9. The fourth-order valence-electron chi connectivity index (χ4n) is 0.0978. The Labute approximate surface area is 40.4 Å². The van der Waals surface area contributed by atoms with Crippen LogP contribution < -0.4 is 0 Å². The van der Waals surface area contributed by atoms with E-state index < -0.39 is 6.16 Å². The fourth-order valence-corrected chi connectivity index (χ4v) is 0.0978. The topological polar surface area (TPSA) is 58.9 Å². The normalized spacial score (nSPS) is 9.29. The molecule has 4 nitrogen and oxygen atoms in total. The van der Waals surface area contributed by atoms with Crippen molar-refractivity contribution < 1.29 is 14.7 Å². The highest BCUT2D eigenvalue weighted by atomic mass is 16.7. The Kier molecular flexibility index (Phi) is 2.67. The number of rotatable bonds is 1. The molecule has 0 aliphatic carbocycles. The van der Waals surface area contributed by atoms with Crippen LogP contribution in [-0.4, -0.2) is 17.5 Å². The van der Waals surface area contributed by atoms with Gasteiger partial charge < -0.3 is 5.11 Å². The largest absolute Gasteiger partial charge is 0.532 e. The van der Waals surface area contributed by atoms with Crippen LogP contribution >= 0.6 is 0 Å². The third-order valence-corrected chi connectivity index (χ3v) is 0.236. The predicted molar refractivity (Wildman–Crippen MR) is 23.3 cm³/mol. The summed E-state index contributed by atoms with van der Waals surface area (Å²) in [4.78, 5) is 13.1. The summed E-state index contributed by atoms with van der Waals surface area (Å²) in [7, 11) is 0. The summed E-state index contributed by atoms with van der Waals surface area (Å²) in [5, 5.41) is 10.7. The average Bonchev–Trinajstić information content (AvgIpc) is 1.61. The van der Waals surface area contributed by atoms with Gasteiger partial charge in [0.2, 0.25) is 0 Å². The number of carbonyl (C=O) groups is 1. The van der Waals surface area contributed by atoms with E-state index in [4.69, 9.17) is 5.11 Å². The van der Waals surface area contributed by atoms with Gasteiger partial charge in [-0.3, -0.25) is 4.84 Å². The lowest BCUT2D eigenvalue weighted by Gasteiger charge is -1.81. The summed E-state index contributed by atoms with van der Waals surface area (Å²) < 4.78 is 0. The van der Waals surface area contributed by atoms with Crippen molar-refractivity contribution in [1.29, 1.82) is 0 Å². The Morgan fingerprint density at radius 1 is 2.00 bits per heavy atom. The maximum Gasteiger partial charge on any atom is 0.532 e. The van der Waals surface area contributed by atoms with Crippen LogP contribution in [0.2, 0.25) is 0 Å². The predicted octanol–water partition coefficient (Wildman–Crippen LogP) is 0.687. The first-order chi connectivity index (χ1) is 3.27. The summed E-state index contributed by atoms with van der Waals surface area (Å²) in [5.74, 6) is 0. The summed E-state index contributed by atoms with van der Waals surface area (Å²) in [6.45, 7) is 1.56. The van der Waals surface area contributed by atoms with E-state index in [2.05, 4.69) is 9.99 Å². The van der Waals surface area contributed by atoms with Crippen LogP contribution in [0.1, 0.15) is 6.92 Å². The molecule has 0 heterocycles. The zero-order chi connectivity index (χ0) is 5.70. The third kappa shape index (κ3) is 4.94. The van der Waals surface area contributed by atoms with Gasteiger partial charge in [-0.2, -0.15) is 0 Å². The van der Waals surface area contributed by atoms with Crippen molar-refractivity contribution in [2.45, 2.75) is 6.92 Å². The Balaban J connectivity index is 3.14. The second kappa shape index (κ2) is 3.14. The molecule has 40 valence electrons. The molecule has 0 amide bonds. The maximum atomic E-state index is 9.42. The van der Waals surface area contributed by atoms with Gasteiger partial charge in [0.15, 0.2) is 0 Å². The van der Waals surface area contributed by atoms with Gasteiger partial charge in [-0.1, -0.05) is 5.16 Å². The highest BCUT2D eigenvalue weighted by molar-refractivity contribution is 5.59. The molecule has 0 radical (unpaired) electrons. The third-order valence-electron chi connectivity index (χ3n) is 0.236. The quantitative estimate of drug-likeness (QED) is 0.301. The van der Waals surface area contributed by atoms with Crippen molar-refractivity contribution in [3.05, 3.63) is 0 Å². The van der Waals surface area contributed by atoms with E-state index in [1.54, 1.807) is 6.92 Å². The van der Waals surface area contributed by atoms with Crippen LogP contribution in [0.15, 0.2) is 5.16 Å². The number of carboxylic acid groups (broad SMARTS) is 1. The fraction of sp³-hybridized carbons (Fsp3) is 0.333. The van der Waals surface area contributed by atoms with E-state index in [1.165, 1.54) is 6.21 Å². The van der Waals surface area contributed by atoms with Gasteiger partial charge in [0.05, 0.1) is 0 Å². The van der Waals surface area contributed by atoms with Gasteiger partial charge in [0.1, 0.15) is 0 Å². The molecule has 0 saturated carbocycles. The minimum atomic E-state index is -1.39. The molecule has 0 unspecified atom stereocenters. The first kappa shape index (κ1) is 5.94. The molecule has 7 heavy (non-hydrogen) atoms. The van der Waals surface area contributed by atoms with Crippen LogP contribution in [0.3, 0.4) is 0 Å². The SMILES string of the molecule is CC=NOC(=O)O. The van der Waals surface area contributed by atoms with E-state index >= 15 is 0 Å². The zero-order valence-corrected chi connectivity index (χ0v) is 3.79. The molecule has 0 aliphatic heterocycles. The summed E-state index contributed by atoms with van der Waals surface area (Å²) in [5.41, 5.74) is 0. The van der Waals surface area contributed by atoms with Crippen molar-refractivity contribution >= 4 is 12.4 Å². The Hall–Kier alpha value is -1.06. The Morgan fingerprint density at radius 2 is 2.57 bits per heavy atom. The molecule has 0 bridgehead atoms. The Bertz CT molecular complexity index is 88.2. The van der Waals surface area contributed by atoms with E-state index in [0.29, 0.717) is 0 Å². The lowest BCUT2D eigenvalue weighted by Crippen LogP contribution is -1.91. The second-order valence-electron chi connectivity index (χ2n) is 0.721. The molecule has 0 rings (SSSR count). The maximum absolute atomic E-state index is 9.42. The molecular formula is C3H5NO3. The molecule has 1 N–H and O–H groups in total. The number of nitrogens with zero attached hydrogens (tertiary/aromatic N) is 1. The highest BCUT2D eigenvalue weighted by Gasteiger charge is 1.87. The smallest absolute Gasteiger partial charge is 0.448 e. The number of hydrogen-bond donors (Lipinski definition) is 1. The number of hydrogen-bond acceptors (Lipinski definition) is 3. The average molecular weight is 103 g/mol. The van der Waals surface area contributed by atoms with Crippen LogP contribution in [0, 0.1) is 0 Å². The van der Waals surface area contributed by atoms with Crippen LogP contribution in [0.5, 0.6) is 0 Å². The monoisotopic (exact) mass is 103 g/mol. The van der Waals surface area contributed by atoms with Crippen molar-refractivity contribution in [1.82, 2.24) is 0 Å². The van der Waals surface area contributed by atoms with Gasteiger partial charge in [-0.05, 0) is 6.92 Å². The molecule has 0 aromatic rings. The minimum Gasteiger partial charge on any atom is -0.448 e. The van der Waals surface area contributed by atoms with Crippen LogP contribution in [-0.2, 0) is 4.84 Å². The Morgan fingerprint density at radius 3 is 2.71 bits per heavy atom. The molecule has 4 heteroatoms. The van der Waals surface area contributed by atoms with Crippen molar-refractivity contribution in [3.8, 4) is 0 Å². The molecular weight excluding hydrogens is 98.0 g/mol. The van der Waals surface area contributed by atoms with Gasteiger partial charge in [-0.25, -0.2) is 4.79 Å². The number of oxime groups is 1. The summed E-state index contributed by atoms with van der Waals surface area (Å²) in [6, 6.07) is 0. The summed E-state index contributed by atoms with van der Waals surface area (Å²) >= 11 is 0. The second-order valence-corrected chi connectivity index (χ2v) is 0.721. The van der Waals surface area contributed by atoms with E-state index in [-0.39, 0.29) is 0 Å². The van der Waals surface area contributed by atoms with E-state index in [9.17, 15) is 4.79 Å². The first-order valence-corrected chi connectivity index (χ1v) is 1.65. The standard InChI is InChI=1S/C3H5NO3/c1-2-4-7-3(5)6/h2H,1H3,(H,5,6). The minimum absolute atomic E-state index is 1.24. The van der Waals surface area contributed by atoms with E-state index in [1.807, 2.05) is 0 Å². The zero-order valence-electron chi connectivity index (χ0n) is 3.79. The first-order valence-electron chi connectivity index (χ1n) is 1.65. The van der Waals surface area contributed by atoms with Crippen LogP contribution in [0.25, 0.3) is 0 Å². The molecule has 0 aromatic heterocycles. The molecule has 0 spiro atoms. The van der Waals surface area contributed by atoms with Gasteiger partial charge in [0.25, 0.3) is 0 Å². The molecule has 0 aromatic carbocycles. The van der Waals surface area contributed by atoms with Crippen molar-refractivity contribution in [2.75, 3.05) is 0 Å². The van der Waals surface area contributed by atoms with Crippen molar-refractivity contribution in [2.24, 2.45) is 5.16 Å². The van der Waals surface area contributed by atoms with Gasteiger partial charge in [0, 0.05) is 6.21 Å². The van der Waals surface area contributed by atoms with E-state index in [0.717, 1.165) is 0 Å². The van der Waals surface area contributed by atoms with Gasteiger partial charge in [-0.15, -0.1) is 0 Å². The molecule has 0 saturated heterocycles. The van der Waals surface area contributed by atoms with Crippen molar-refractivity contribution in [3.63, 3.8) is 0 Å². The van der Waals surface area contributed by atoms with Gasteiger partial charge >= 0.3 is 6.16 Å².